The normalized spacial score (nSPS) is 11.8. The van der Waals surface area contributed by atoms with Gasteiger partial charge in [0.15, 0.2) is 0 Å². The Morgan fingerprint density at radius 2 is 1.93 bits per heavy atom. The number of carbonyl (C=O) groups is 1. The molecule has 2 heteroatoms. The lowest BCUT2D eigenvalue weighted by Gasteiger charge is -1.87. The number of carbonyl (C=O) groups excluding carboxylic acids is 1. The Hall–Kier alpha value is -1.57. The van der Waals surface area contributed by atoms with E-state index in [2.05, 4.69) is 19.6 Å². The van der Waals surface area contributed by atoms with Crippen molar-refractivity contribution >= 4 is 5.91 Å². The molecule has 0 aromatic heterocycles. The number of hydrogen-bond donors (Lipinski definition) is 1. The number of primary amides is 1. The molecule has 2 nitrogen and oxygen atoms in total. The molecule has 0 rings (SSSR count). The lowest BCUT2D eigenvalue weighted by Crippen LogP contribution is -2.11. The number of nitrogens with two attached hydrogens (primary N) is 1. The zero-order valence-corrected chi connectivity index (χ0v) is 8.57. The molecule has 2 N–H and O–H groups in total. The molecule has 1 amide bonds. The van der Waals surface area contributed by atoms with Gasteiger partial charge >= 0.3 is 0 Å². The van der Waals surface area contributed by atoms with Gasteiger partial charge in [-0.1, -0.05) is 56.4 Å². The van der Waals surface area contributed by atoms with Gasteiger partial charge in [-0.15, -0.1) is 0 Å². The van der Waals surface area contributed by atoms with Crippen LogP contribution in [0.5, 0.6) is 0 Å². The summed E-state index contributed by atoms with van der Waals surface area (Å²) in [7, 11) is 0. The summed E-state index contributed by atoms with van der Waals surface area (Å²) in [6.07, 6.45) is 13.4. The fourth-order valence-electron chi connectivity index (χ4n) is 0.724. The van der Waals surface area contributed by atoms with Gasteiger partial charge in [-0.05, 0) is 6.42 Å². The van der Waals surface area contributed by atoms with Crippen LogP contribution in [0.3, 0.4) is 0 Å². The highest BCUT2D eigenvalue weighted by molar-refractivity contribution is 5.94. The van der Waals surface area contributed by atoms with Crippen LogP contribution in [0.1, 0.15) is 19.8 Å². The number of hydrogen-bond acceptors (Lipinski definition) is 1. The van der Waals surface area contributed by atoms with Crippen molar-refractivity contribution in [1.29, 1.82) is 0 Å². The molecule has 0 saturated heterocycles. The molecular weight excluding hydrogens is 174 g/mol. The van der Waals surface area contributed by atoms with Crippen molar-refractivity contribution in [2.45, 2.75) is 19.8 Å². The van der Waals surface area contributed by atoms with Gasteiger partial charge < -0.3 is 5.73 Å². The smallest absolute Gasteiger partial charge is 0.248 e. The third-order valence-electron chi connectivity index (χ3n) is 1.54. The van der Waals surface area contributed by atoms with Gasteiger partial charge in [0.1, 0.15) is 0 Å². The summed E-state index contributed by atoms with van der Waals surface area (Å²) in [5.74, 6) is -0.490. The second-order valence-electron chi connectivity index (χ2n) is 2.85. The third-order valence-corrected chi connectivity index (χ3v) is 1.54. The summed E-state index contributed by atoms with van der Waals surface area (Å²) in [5, 5.41) is 0. The first kappa shape index (κ1) is 12.4. The second-order valence-corrected chi connectivity index (χ2v) is 2.85. The molecule has 0 bridgehead atoms. The third kappa shape index (κ3) is 7.10. The van der Waals surface area contributed by atoms with Crippen LogP contribution in [0.15, 0.2) is 48.6 Å². The first-order valence-corrected chi connectivity index (χ1v) is 4.67. The number of rotatable bonds is 6. The quantitative estimate of drug-likeness (QED) is 0.508. The minimum absolute atomic E-state index is 0.312. The van der Waals surface area contributed by atoms with Crippen LogP contribution < -0.4 is 5.73 Å². The minimum atomic E-state index is -0.490. The molecule has 14 heavy (non-hydrogen) atoms. The summed E-state index contributed by atoms with van der Waals surface area (Å²) in [6.45, 7) is 5.62. The zero-order valence-electron chi connectivity index (χ0n) is 8.57. The molecule has 0 aromatic carbocycles. The van der Waals surface area contributed by atoms with Crippen LogP contribution in [-0.2, 0) is 4.79 Å². The van der Waals surface area contributed by atoms with Crippen LogP contribution >= 0.6 is 0 Å². The molecule has 0 aliphatic heterocycles. The summed E-state index contributed by atoms with van der Waals surface area (Å²) < 4.78 is 0. The lowest BCUT2D eigenvalue weighted by molar-refractivity contribution is -0.114. The molecule has 0 spiro atoms. The number of amides is 1. The molecule has 0 aliphatic carbocycles. The van der Waals surface area contributed by atoms with E-state index in [9.17, 15) is 4.79 Å². The fraction of sp³-hybridized carbons (Fsp3) is 0.250. The maximum atomic E-state index is 10.5. The fourth-order valence-corrected chi connectivity index (χ4v) is 0.724. The van der Waals surface area contributed by atoms with E-state index < -0.39 is 5.91 Å². The molecule has 0 aliphatic rings. The van der Waals surface area contributed by atoms with E-state index in [0.29, 0.717) is 5.57 Å². The standard InChI is InChI=1S/C12H17NO/c1-3-4-5-6-7-8-9-10-11(2)12(13)14/h5-10H,2-4H2,1H3,(H2,13,14). The van der Waals surface area contributed by atoms with E-state index in [0.717, 1.165) is 12.8 Å². The molecule has 76 valence electrons. The molecule has 0 aromatic rings. The molecule has 0 unspecified atom stereocenters. The van der Waals surface area contributed by atoms with Crippen molar-refractivity contribution < 1.29 is 4.79 Å². The summed E-state index contributed by atoms with van der Waals surface area (Å²) >= 11 is 0. The van der Waals surface area contributed by atoms with Gasteiger partial charge in [-0.3, -0.25) is 4.79 Å². The van der Waals surface area contributed by atoms with Crippen molar-refractivity contribution in [3.05, 3.63) is 48.6 Å². The van der Waals surface area contributed by atoms with E-state index in [-0.39, 0.29) is 0 Å². The molecule has 0 saturated carbocycles. The first-order chi connectivity index (χ1) is 6.68. The van der Waals surface area contributed by atoms with Gasteiger partial charge in [-0.2, -0.15) is 0 Å². The van der Waals surface area contributed by atoms with Crippen LogP contribution in [-0.4, -0.2) is 5.91 Å². The summed E-state index contributed by atoms with van der Waals surface area (Å²) in [6, 6.07) is 0. The van der Waals surface area contributed by atoms with Gasteiger partial charge in [0.25, 0.3) is 0 Å². The van der Waals surface area contributed by atoms with Crippen molar-refractivity contribution in [3.63, 3.8) is 0 Å². The van der Waals surface area contributed by atoms with Crippen molar-refractivity contribution in [2.75, 3.05) is 0 Å². The van der Waals surface area contributed by atoms with Crippen molar-refractivity contribution in [2.24, 2.45) is 5.73 Å². The Morgan fingerprint density at radius 1 is 1.29 bits per heavy atom. The minimum Gasteiger partial charge on any atom is -0.366 e. The van der Waals surface area contributed by atoms with E-state index >= 15 is 0 Å². The maximum absolute atomic E-state index is 10.5. The van der Waals surface area contributed by atoms with E-state index in [4.69, 9.17) is 5.73 Å². The van der Waals surface area contributed by atoms with Crippen LogP contribution in [0.4, 0.5) is 0 Å². The van der Waals surface area contributed by atoms with Crippen LogP contribution in [0.25, 0.3) is 0 Å². The largest absolute Gasteiger partial charge is 0.366 e. The molecule has 0 heterocycles. The van der Waals surface area contributed by atoms with Gasteiger partial charge in [-0.25, -0.2) is 0 Å². The highest BCUT2D eigenvalue weighted by Crippen LogP contribution is 1.92. The van der Waals surface area contributed by atoms with Crippen molar-refractivity contribution in [1.82, 2.24) is 0 Å². The average molecular weight is 191 g/mol. The average Bonchev–Trinajstić information content (AvgIpc) is 2.16. The van der Waals surface area contributed by atoms with Crippen LogP contribution in [0, 0.1) is 0 Å². The monoisotopic (exact) mass is 191 g/mol. The summed E-state index contributed by atoms with van der Waals surface area (Å²) in [4.78, 5) is 10.5. The predicted octanol–water partition coefficient (Wildman–Crippen LogP) is 2.50. The summed E-state index contributed by atoms with van der Waals surface area (Å²) in [5.41, 5.74) is 5.30. The van der Waals surface area contributed by atoms with Gasteiger partial charge in [0, 0.05) is 5.57 Å². The SMILES string of the molecule is C=C(C=CC=CC=CCCC)C(N)=O. The molecule has 0 radical (unpaired) electrons. The van der Waals surface area contributed by atoms with Crippen LogP contribution in [0.2, 0.25) is 0 Å². The topological polar surface area (TPSA) is 43.1 Å². The Kier molecular flexibility index (Phi) is 7.15. The Morgan fingerprint density at radius 3 is 2.50 bits per heavy atom. The molecule has 0 atom stereocenters. The van der Waals surface area contributed by atoms with Gasteiger partial charge in [0.05, 0.1) is 0 Å². The Bertz CT molecular complexity index is 272. The molecular formula is C12H17NO. The van der Waals surface area contributed by atoms with E-state index in [1.807, 2.05) is 18.2 Å². The van der Waals surface area contributed by atoms with Crippen molar-refractivity contribution in [3.8, 4) is 0 Å². The Labute approximate surface area is 85.5 Å². The lowest BCUT2D eigenvalue weighted by atomic mass is 10.2. The second kappa shape index (κ2) is 8.05. The maximum Gasteiger partial charge on any atom is 0.248 e. The molecule has 0 fully saturated rings. The number of unbranched alkanes of at least 4 members (excludes halogenated alkanes) is 1. The van der Waals surface area contributed by atoms with E-state index in [1.54, 1.807) is 12.2 Å². The highest BCUT2D eigenvalue weighted by atomic mass is 16.1. The highest BCUT2D eigenvalue weighted by Gasteiger charge is 1.92. The van der Waals surface area contributed by atoms with E-state index in [1.165, 1.54) is 0 Å². The van der Waals surface area contributed by atoms with Gasteiger partial charge in [0.2, 0.25) is 5.91 Å². The first-order valence-electron chi connectivity index (χ1n) is 4.67. The Balaban J connectivity index is 3.81. The predicted molar refractivity (Wildman–Crippen MR) is 60.7 cm³/mol. The zero-order chi connectivity index (χ0) is 10.8. The number of allylic oxidation sites excluding steroid dienone is 5.